The molecule has 0 heterocycles. The quantitative estimate of drug-likeness (QED) is 0.794. The third-order valence-corrected chi connectivity index (χ3v) is 5.32. The first-order chi connectivity index (χ1) is 11.5. The van der Waals surface area contributed by atoms with Gasteiger partial charge in [0.05, 0.1) is 5.92 Å². The number of hydrogen-bond donors (Lipinski definition) is 1. The predicted octanol–water partition coefficient (Wildman–Crippen LogP) is 4.17. The van der Waals surface area contributed by atoms with E-state index in [9.17, 15) is 14.7 Å². The van der Waals surface area contributed by atoms with E-state index in [0.29, 0.717) is 11.4 Å². The summed E-state index contributed by atoms with van der Waals surface area (Å²) < 4.78 is 5.48. The molecule has 2 rings (SSSR count). The first-order valence-electron chi connectivity index (χ1n) is 8.70. The number of rotatable bonds is 5. The number of esters is 1. The summed E-state index contributed by atoms with van der Waals surface area (Å²) in [4.78, 5) is 25.5. The zero-order valence-corrected chi connectivity index (χ0v) is 16.1. The normalized spacial score (nSPS) is 23.1. The van der Waals surface area contributed by atoms with E-state index in [0.717, 1.165) is 18.4 Å². The number of Topliss-reactive ketones (excluding diaryl/α,β-unsaturated/α-hetero) is 1. The SMILES string of the molecule is CC(C)(O)C(=O)C1C(C(=O)OCc2ccc(Cl)cc2)CCCC1(C)C. The lowest BCUT2D eigenvalue weighted by molar-refractivity contribution is -0.164. The molecule has 0 saturated heterocycles. The van der Waals surface area contributed by atoms with Crippen molar-refractivity contribution in [2.24, 2.45) is 17.3 Å². The van der Waals surface area contributed by atoms with E-state index in [1.165, 1.54) is 13.8 Å². The first kappa shape index (κ1) is 19.9. The second kappa shape index (κ2) is 7.46. The Hall–Kier alpha value is -1.39. The molecule has 2 unspecified atom stereocenters. The first-order valence-corrected chi connectivity index (χ1v) is 9.08. The Morgan fingerprint density at radius 1 is 1.28 bits per heavy atom. The maximum absolute atomic E-state index is 12.8. The Morgan fingerprint density at radius 3 is 2.44 bits per heavy atom. The molecule has 25 heavy (non-hydrogen) atoms. The summed E-state index contributed by atoms with van der Waals surface area (Å²) in [5.41, 5.74) is -0.967. The van der Waals surface area contributed by atoms with Gasteiger partial charge in [-0.25, -0.2) is 0 Å². The van der Waals surface area contributed by atoms with Crippen LogP contribution in [0.15, 0.2) is 24.3 Å². The highest BCUT2D eigenvalue weighted by Gasteiger charge is 2.50. The van der Waals surface area contributed by atoms with Gasteiger partial charge >= 0.3 is 5.97 Å². The number of ether oxygens (including phenoxy) is 1. The van der Waals surface area contributed by atoms with Crippen LogP contribution in [-0.2, 0) is 20.9 Å². The molecule has 1 N–H and O–H groups in total. The van der Waals surface area contributed by atoms with Crippen LogP contribution in [0, 0.1) is 17.3 Å². The van der Waals surface area contributed by atoms with E-state index in [-0.39, 0.29) is 23.8 Å². The molecule has 0 amide bonds. The average Bonchev–Trinajstić information content (AvgIpc) is 2.51. The molecule has 1 aromatic carbocycles. The molecule has 4 nitrogen and oxygen atoms in total. The van der Waals surface area contributed by atoms with Gasteiger partial charge in [0.25, 0.3) is 0 Å². The van der Waals surface area contributed by atoms with Crippen molar-refractivity contribution < 1.29 is 19.4 Å². The summed E-state index contributed by atoms with van der Waals surface area (Å²) in [5, 5.41) is 10.8. The van der Waals surface area contributed by atoms with Crippen molar-refractivity contribution in [3.8, 4) is 0 Å². The molecule has 1 saturated carbocycles. The van der Waals surface area contributed by atoms with Gasteiger partial charge in [-0.05, 0) is 49.8 Å². The molecular weight excluding hydrogens is 340 g/mol. The molecule has 5 heteroatoms. The highest BCUT2D eigenvalue weighted by atomic mass is 35.5. The van der Waals surface area contributed by atoms with Gasteiger partial charge in [-0.1, -0.05) is 44.0 Å². The second-order valence-corrected chi connectivity index (χ2v) is 8.56. The molecule has 0 radical (unpaired) electrons. The Bertz CT molecular complexity index is 628. The van der Waals surface area contributed by atoms with E-state index in [1.807, 2.05) is 13.8 Å². The molecular formula is C20H27ClO4. The number of carbonyl (C=O) groups is 2. The molecule has 138 valence electrons. The van der Waals surface area contributed by atoms with E-state index in [2.05, 4.69) is 0 Å². The zero-order chi connectivity index (χ0) is 18.8. The molecule has 1 fully saturated rings. The Balaban J connectivity index is 2.14. The summed E-state index contributed by atoms with van der Waals surface area (Å²) in [7, 11) is 0. The summed E-state index contributed by atoms with van der Waals surface area (Å²) in [6, 6.07) is 7.10. The molecule has 0 aliphatic heterocycles. The molecule has 1 aliphatic rings. The van der Waals surface area contributed by atoms with Crippen molar-refractivity contribution in [2.75, 3.05) is 0 Å². The van der Waals surface area contributed by atoms with E-state index >= 15 is 0 Å². The average molecular weight is 367 g/mol. The number of halogens is 1. The number of hydrogen-bond acceptors (Lipinski definition) is 4. The van der Waals surface area contributed by atoms with E-state index in [1.54, 1.807) is 24.3 Å². The van der Waals surface area contributed by atoms with Crippen LogP contribution in [-0.4, -0.2) is 22.5 Å². The lowest BCUT2D eigenvalue weighted by Crippen LogP contribution is -2.50. The monoisotopic (exact) mass is 366 g/mol. The van der Waals surface area contributed by atoms with Crippen molar-refractivity contribution in [3.05, 3.63) is 34.9 Å². The smallest absolute Gasteiger partial charge is 0.310 e. The third-order valence-electron chi connectivity index (χ3n) is 5.06. The zero-order valence-electron chi connectivity index (χ0n) is 15.3. The van der Waals surface area contributed by atoms with Crippen LogP contribution in [0.2, 0.25) is 5.02 Å². The van der Waals surface area contributed by atoms with Gasteiger partial charge in [-0.3, -0.25) is 9.59 Å². The minimum atomic E-state index is -1.46. The standard InChI is InChI=1S/C20H27ClO4/c1-19(2)11-5-6-15(16(19)17(22)20(3,4)24)18(23)25-12-13-7-9-14(21)10-8-13/h7-10,15-16,24H,5-6,11-12H2,1-4H3. The van der Waals surface area contributed by atoms with Crippen molar-refractivity contribution in [2.45, 2.75) is 59.2 Å². The second-order valence-electron chi connectivity index (χ2n) is 8.12. The van der Waals surface area contributed by atoms with Crippen LogP contribution in [0.4, 0.5) is 0 Å². The predicted molar refractivity (Wildman–Crippen MR) is 97.2 cm³/mol. The fourth-order valence-electron chi connectivity index (χ4n) is 3.66. The Labute approximate surface area is 154 Å². The van der Waals surface area contributed by atoms with Gasteiger partial charge in [0.15, 0.2) is 5.78 Å². The summed E-state index contributed by atoms with van der Waals surface area (Å²) in [6.45, 7) is 7.09. The Kier molecular flexibility index (Phi) is 5.95. The van der Waals surface area contributed by atoms with Crippen molar-refractivity contribution >= 4 is 23.4 Å². The largest absolute Gasteiger partial charge is 0.461 e. The van der Waals surface area contributed by atoms with Crippen LogP contribution in [0.25, 0.3) is 0 Å². The van der Waals surface area contributed by atoms with Crippen LogP contribution in [0.1, 0.15) is 52.5 Å². The summed E-state index contributed by atoms with van der Waals surface area (Å²) >= 11 is 5.86. The van der Waals surface area contributed by atoms with E-state index in [4.69, 9.17) is 16.3 Å². The molecule has 2 atom stereocenters. The van der Waals surface area contributed by atoms with E-state index < -0.39 is 17.4 Å². The molecule has 0 bridgehead atoms. The maximum Gasteiger partial charge on any atom is 0.310 e. The van der Waals surface area contributed by atoms with Crippen LogP contribution < -0.4 is 0 Å². The number of benzene rings is 1. The van der Waals surface area contributed by atoms with Gasteiger partial charge in [0.1, 0.15) is 12.2 Å². The number of ketones is 1. The van der Waals surface area contributed by atoms with Crippen molar-refractivity contribution in [1.29, 1.82) is 0 Å². The topological polar surface area (TPSA) is 63.6 Å². The number of carbonyl (C=O) groups excluding carboxylic acids is 2. The lowest BCUT2D eigenvalue weighted by atomic mass is 9.60. The highest BCUT2D eigenvalue weighted by molar-refractivity contribution is 6.30. The minimum Gasteiger partial charge on any atom is -0.461 e. The number of aliphatic hydroxyl groups is 1. The van der Waals surface area contributed by atoms with Gasteiger partial charge in [-0.2, -0.15) is 0 Å². The Morgan fingerprint density at radius 2 is 1.88 bits per heavy atom. The molecule has 0 aromatic heterocycles. The fraction of sp³-hybridized carbons (Fsp3) is 0.600. The van der Waals surface area contributed by atoms with Crippen molar-refractivity contribution in [1.82, 2.24) is 0 Å². The molecule has 1 aromatic rings. The maximum atomic E-state index is 12.8. The van der Waals surface area contributed by atoms with Crippen LogP contribution >= 0.6 is 11.6 Å². The van der Waals surface area contributed by atoms with Gasteiger partial charge < -0.3 is 9.84 Å². The van der Waals surface area contributed by atoms with Gasteiger partial charge in [0.2, 0.25) is 0 Å². The summed E-state index contributed by atoms with van der Waals surface area (Å²) in [5.74, 6) is -1.72. The minimum absolute atomic E-state index is 0.149. The van der Waals surface area contributed by atoms with Crippen LogP contribution in [0.5, 0.6) is 0 Å². The lowest BCUT2D eigenvalue weighted by Gasteiger charge is -2.43. The summed E-state index contributed by atoms with van der Waals surface area (Å²) in [6.07, 6.45) is 2.32. The highest BCUT2D eigenvalue weighted by Crippen LogP contribution is 2.46. The van der Waals surface area contributed by atoms with Gasteiger partial charge in [0, 0.05) is 10.9 Å². The van der Waals surface area contributed by atoms with Gasteiger partial charge in [-0.15, -0.1) is 0 Å². The third kappa shape index (κ3) is 4.83. The van der Waals surface area contributed by atoms with Crippen molar-refractivity contribution in [3.63, 3.8) is 0 Å². The van der Waals surface area contributed by atoms with Crippen LogP contribution in [0.3, 0.4) is 0 Å². The molecule has 1 aliphatic carbocycles. The molecule has 0 spiro atoms. The fourth-order valence-corrected chi connectivity index (χ4v) is 3.78.